The summed E-state index contributed by atoms with van der Waals surface area (Å²) >= 11 is 0. The summed E-state index contributed by atoms with van der Waals surface area (Å²) in [7, 11) is -7.23. The van der Waals surface area contributed by atoms with Crippen molar-refractivity contribution < 1.29 is 16.8 Å². The molecule has 0 saturated carbocycles. The first-order valence-electron chi connectivity index (χ1n) is 5.87. The first-order valence-corrected chi connectivity index (χ1v) is 9.57. The lowest BCUT2D eigenvalue weighted by atomic mass is 10.7. The third kappa shape index (κ3) is 5.17. The summed E-state index contributed by atoms with van der Waals surface area (Å²) in [6.45, 7) is 0. The smallest absolute Gasteiger partial charge is 0.273 e. The molecule has 2 aromatic rings. The molecule has 0 radical (unpaired) electrons. The van der Waals surface area contributed by atoms with Crippen molar-refractivity contribution in [2.24, 2.45) is 0 Å². The number of aromatic amines is 2. The van der Waals surface area contributed by atoms with Gasteiger partial charge in [0.05, 0.1) is 12.5 Å². The Morgan fingerprint density at radius 2 is 1.00 bits per heavy atom. The third-order valence-electron chi connectivity index (χ3n) is 2.30. The highest BCUT2D eigenvalue weighted by molar-refractivity contribution is 7.89. The van der Waals surface area contributed by atoms with E-state index in [4.69, 9.17) is 0 Å². The molecular weight excluding hydrogens is 368 g/mol. The van der Waals surface area contributed by atoms with Gasteiger partial charge in [-0.25, -0.2) is 26.4 Å². The van der Waals surface area contributed by atoms with Gasteiger partial charge in [0.1, 0.15) is 0 Å². The predicted molar refractivity (Wildman–Crippen MR) is 83.1 cm³/mol. The molecule has 2 rings (SSSR count). The summed E-state index contributed by atoms with van der Waals surface area (Å²) in [4.78, 5) is 46.3. The van der Waals surface area contributed by atoms with Crippen LogP contribution in [-0.2, 0) is 20.0 Å². The van der Waals surface area contributed by atoms with Gasteiger partial charge in [0, 0.05) is 24.5 Å². The molecule has 0 spiro atoms. The lowest BCUT2D eigenvalue weighted by Gasteiger charge is -1.98. The van der Waals surface area contributed by atoms with Gasteiger partial charge in [0.25, 0.3) is 11.1 Å². The first kappa shape index (κ1) is 19.3. The van der Waals surface area contributed by atoms with Crippen LogP contribution in [0.15, 0.2) is 43.7 Å². The van der Waals surface area contributed by atoms with Gasteiger partial charge >= 0.3 is 11.4 Å². The molecular formula is C10H12N4O8S2. The van der Waals surface area contributed by atoms with E-state index in [0.29, 0.717) is 7.94 Å². The molecule has 0 fully saturated rings. The van der Waals surface area contributed by atoms with Crippen molar-refractivity contribution in [2.75, 3.05) is 12.5 Å². The maximum Gasteiger partial charge on any atom is 0.342 e. The molecule has 0 atom stereocenters. The van der Waals surface area contributed by atoms with E-state index in [1.807, 2.05) is 9.97 Å². The Morgan fingerprint density at radius 1 is 0.708 bits per heavy atom. The van der Waals surface area contributed by atoms with Crippen molar-refractivity contribution in [1.82, 2.24) is 17.9 Å². The minimum absolute atomic E-state index is 0.453. The average molecular weight is 380 g/mol. The van der Waals surface area contributed by atoms with Gasteiger partial charge < -0.3 is 0 Å². The molecule has 12 nitrogen and oxygen atoms in total. The van der Waals surface area contributed by atoms with Crippen molar-refractivity contribution >= 4 is 20.0 Å². The standard InChI is InChI=1S/2C5H6N2O4S/c2*1-12(10,11)7-3-2-4(8)6-5(7)9/h2*2-3H,1H3,(H,6,8,9). The number of nitrogens with one attached hydrogen (secondary N) is 2. The lowest BCUT2D eigenvalue weighted by molar-refractivity contribution is 0.588. The van der Waals surface area contributed by atoms with Crippen LogP contribution in [0.2, 0.25) is 0 Å². The topological polar surface area (TPSA) is 178 Å². The van der Waals surface area contributed by atoms with Gasteiger partial charge in [-0.05, 0) is 0 Å². The Balaban J connectivity index is 0.000000240. The van der Waals surface area contributed by atoms with E-state index in [0.717, 1.165) is 37.0 Å². The minimum atomic E-state index is -3.62. The van der Waals surface area contributed by atoms with Gasteiger partial charge in [0.2, 0.25) is 20.0 Å². The maximum absolute atomic E-state index is 10.8. The molecule has 0 aliphatic heterocycles. The lowest BCUT2D eigenvalue weighted by Crippen LogP contribution is -2.32. The van der Waals surface area contributed by atoms with Crippen LogP contribution in [0.25, 0.3) is 0 Å². The molecule has 0 unspecified atom stereocenters. The number of hydrogen-bond acceptors (Lipinski definition) is 8. The van der Waals surface area contributed by atoms with Crippen molar-refractivity contribution in [1.29, 1.82) is 0 Å². The number of nitrogens with zero attached hydrogens (tertiary/aromatic N) is 2. The van der Waals surface area contributed by atoms with E-state index in [2.05, 4.69) is 0 Å². The van der Waals surface area contributed by atoms with Crippen molar-refractivity contribution in [2.45, 2.75) is 0 Å². The SMILES string of the molecule is CS(=O)(=O)n1ccc(=O)[nH]c1=O.CS(=O)(=O)n1ccc(=O)[nH]c1=O. The summed E-state index contributed by atoms with van der Waals surface area (Å²) in [6.07, 6.45) is 3.56. The normalized spacial score (nSPS) is 11.4. The van der Waals surface area contributed by atoms with E-state index < -0.39 is 42.5 Å². The Kier molecular flexibility index (Phi) is 5.47. The molecule has 2 aromatic heterocycles. The van der Waals surface area contributed by atoms with Crippen LogP contribution in [0, 0.1) is 0 Å². The van der Waals surface area contributed by atoms with Crippen molar-refractivity contribution in [3.63, 3.8) is 0 Å². The van der Waals surface area contributed by atoms with E-state index in [1.165, 1.54) is 0 Å². The summed E-state index contributed by atoms with van der Waals surface area (Å²) in [5.41, 5.74) is -3.16. The molecule has 2 heterocycles. The Morgan fingerprint density at radius 3 is 1.21 bits per heavy atom. The third-order valence-corrected chi connectivity index (χ3v) is 4.30. The highest BCUT2D eigenvalue weighted by Gasteiger charge is 2.07. The van der Waals surface area contributed by atoms with Crippen molar-refractivity contribution in [3.05, 3.63) is 66.2 Å². The van der Waals surface area contributed by atoms with Gasteiger partial charge in [-0.3, -0.25) is 19.6 Å². The van der Waals surface area contributed by atoms with Crippen LogP contribution < -0.4 is 22.5 Å². The molecule has 0 aliphatic rings. The summed E-state index contributed by atoms with van der Waals surface area (Å²) in [5.74, 6) is 0. The van der Waals surface area contributed by atoms with E-state index in [1.54, 1.807) is 0 Å². The van der Waals surface area contributed by atoms with Crippen LogP contribution in [0.3, 0.4) is 0 Å². The molecule has 14 heteroatoms. The summed E-state index contributed by atoms with van der Waals surface area (Å²) in [6, 6.07) is 1.92. The average Bonchev–Trinajstić information content (AvgIpc) is 2.35. The van der Waals surface area contributed by atoms with E-state index >= 15 is 0 Å². The van der Waals surface area contributed by atoms with Crippen LogP contribution in [0.4, 0.5) is 0 Å². The molecule has 0 aliphatic carbocycles. The van der Waals surface area contributed by atoms with E-state index in [-0.39, 0.29) is 0 Å². The Labute approximate surface area is 134 Å². The molecule has 24 heavy (non-hydrogen) atoms. The van der Waals surface area contributed by atoms with E-state index in [9.17, 15) is 36.0 Å². The molecule has 0 saturated heterocycles. The number of rotatable bonds is 2. The predicted octanol–water partition coefficient (Wildman–Crippen LogP) is -3.31. The fraction of sp³-hybridized carbons (Fsp3) is 0.200. The number of hydrogen-bond donors (Lipinski definition) is 2. The van der Waals surface area contributed by atoms with Crippen LogP contribution >= 0.6 is 0 Å². The van der Waals surface area contributed by atoms with Crippen LogP contribution in [-0.4, -0.2) is 47.3 Å². The van der Waals surface area contributed by atoms with Crippen LogP contribution in [0.5, 0.6) is 0 Å². The van der Waals surface area contributed by atoms with Gasteiger partial charge in [-0.1, -0.05) is 0 Å². The number of aromatic nitrogens is 4. The monoisotopic (exact) mass is 380 g/mol. The maximum atomic E-state index is 10.8. The molecule has 2 N–H and O–H groups in total. The molecule has 0 aromatic carbocycles. The largest absolute Gasteiger partial charge is 0.342 e. The fourth-order valence-electron chi connectivity index (χ4n) is 1.33. The zero-order valence-corrected chi connectivity index (χ0v) is 13.9. The number of H-pyrrole nitrogens is 2. The Hall–Kier alpha value is -2.74. The van der Waals surface area contributed by atoms with Gasteiger partial charge in [-0.15, -0.1) is 0 Å². The minimum Gasteiger partial charge on any atom is -0.273 e. The quantitative estimate of drug-likeness (QED) is 0.543. The highest BCUT2D eigenvalue weighted by atomic mass is 32.2. The van der Waals surface area contributed by atoms with Gasteiger partial charge in [-0.2, -0.15) is 7.94 Å². The van der Waals surface area contributed by atoms with Crippen molar-refractivity contribution in [3.8, 4) is 0 Å². The second-order valence-corrected chi connectivity index (χ2v) is 8.06. The zero-order chi connectivity index (χ0) is 18.7. The summed E-state index contributed by atoms with van der Waals surface area (Å²) in [5, 5.41) is 0. The molecule has 0 bridgehead atoms. The second kappa shape index (κ2) is 6.79. The fourth-order valence-corrected chi connectivity index (χ4v) is 2.59. The van der Waals surface area contributed by atoms with Crippen LogP contribution in [0.1, 0.15) is 0 Å². The highest BCUT2D eigenvalue weighted by Crippen LogP contribution is 1.83. The molecule has 132 valence electrons. The van der Waals surface area contributed by atoms with Gasteiger partial charge in [0.15, 0.2) is 0 Å². The zero-order valence-electron chi connectivity index (χ0n) is 12.3. The summed E-state index contributed by atoms with van der Waals surface area (Å²) < 4.78 is 44.1. The first-order chi connectivity index (χ1) is 10.8. The molecule has 0 amide bonds. The second-order valence-electron chi connectivity index (χ2n) is 4.34. The Bertz CT molecular complexity index is 1080.